The molecule has 1 heterocycles. The number of anilines is 2. The average Bonchev–Trinajstić information content (AvgIpc) is 2.39. The molecule has 0 fully saturated rings. The van der Waals surface area contributed by atoms with Crippen molar-refractivity contribution in [3.8, 4) is 0 Å². The molecule has 0 aliphatic carbocycles. The van der Waals surface area contributed by atoms with Crippen molar-refractivity contribution in [2.75, 3.05) is 17.7 Å². The molecule has 0 radical (unpaired) electrons. The normalized spacial score (nSPS) is 12.6. The Bertz CT molecular complexity index is 576. The molecule has 0 unspecified atom stereocenters. The standard InChI is InChI=1S/C13H17FN4O/c1-2-4-8(7-19)16-12-9-5-3-6-10(14)11(9)17-13(15)18-12/h3,5-6,8,19H,2,4,7H2,1H3,(H3,15,16,17,18)/t8-/m1/s1. The van der Waals surface area contributed by atoms with E-state index in [1.165, 1.54) is 6.07 Å². The summed E-state index contributed by atoms with van der Waals surface area (Å²) in [6, 6.07) is 4.51. The molecule has 0 spiro atoms. The lowest BCUT2D eigenvalue weighted by Crippen LogP contribution is -2.24. The summed E-state index contributed by atoms with van der Waals surface area (Å²) in [5.74, 6) is 0.0217. The van der Waals surface area contributed by atoms with Crippen LogP contribution in [-0.4, -0.2) is 27.7 Å². The first-order valence-electron chi connectivity index (χ1n) is 6.24. The molecule has 19 heavy (non-hydrogen) atoms. The number of fused-ring (bicyclic) bond motifs is 1. The second-order valence-electron chi connectivity index (χ2n) is 4.38. The van der Waals surface area contributed by atoms with Gasteiger partial charge in [0.15, 0.2) is 0 Å². The zero-order chi connectivity index (χ0) is 13.8. The van der Waals surface area contributed by atoms with E-state index in [0.29, 0.717) is 11.2 Å². The van der Waals surface area contributed by atoms with Gasteiger partial charge in [0.2, 0.25) is 5.95 Å². The number of nitrogens with zero attached hydrogens (tertiary/aromatic N) is 2. The number of aliphatic hydroxyl groups excluding tert-OH is 1. The number of hydrogen-bond acceptors (Lipinski definition) is 5. The number of rotatable bonds is 5. The topological polar surface area (TPSA) is 84.1 Å². The third kappa shape index (κ3) is 2.90. The molecule has 0 aliphatic heterocycles. The SMILES string of the molecule is CCC[C@H](CO)Nc1nc(N)nc2c(F)cccc12. The van der Waals surface area contributed by atoms with E-state index in [0.717, 1.165) is 12.8 Å². The first-order valence-corrected chi connectivity index (χ1v) is 6.24. The molecule has 0 bridgehead atoms. The zero-order valence-electron chi connectivity index (χ0n) is 10.7. The monoisotopic (exact) mass is 264 g/mol. The van der Waals surface area contributed by atoms with Crippen LogP contribution in [0.2, 0.25) is 0 Å². The summed E-state index contributed by atoms with van der Waals surface area (Å²) in [6.45, 7) is 2.00. The molecular formula is C13H17FN4O. The molecule has 0 saturated carbocycles. The van der Waals surface area contributed by atoms with Gasteiger partial charge in [-0.15, -0.1) is 0 Å². The molecule has 1 atom stereocenters. The predicted octanol–water partition coefficient (Wildman–Crippen LogP) is 1.92. The lowest BCUT2D eigenvalue weighted by molar-refractivity contribution is 0.268. The van der Waals surface area contributed by atoms with Crippen molar-refractivity contribution in [3.05, 3.63) is 24.0 Å². The maximum Gasteiger partial charge on any atom is 0.222 e. The summed E-state index contributed by atoms with van der Waals surface area (Å²) in [7, 11) is 0. The summed E-state index contributed by atoms with van der Waals surface area (Å²) >= 11 is 0. The quantitative estimate of drug-likeness (QED) is 0.768. The van der Waals surface area contributed by atoms with Gasteiger partial charge in [0.25, 0.3) is 0 Å². The van der Waals surface area contributed by atoms with Crippen LogP contribution in [-0.2, 0) is 0 Å². The van der Waals surface area contributed by atoms with Crippen LogP contribution >= 0.6 is 0 Å². The first kappa shape index (κ1) is 13.5. The van der Waals surface area contributed by atoms with E-state index in [-0.39, 0.29) is 24.1 Å². The van der Waals surface area contributed by atoms with Crippen molar-refractivity contribution in [3.63, 3.8) is 0 Å². The molecule has 1 aromatic heterocycles. The van der Waals surface area contributed by atoms with Crippen molar-refractivity contribution in [2.24, 2.45) is 0 Å². The number of hydrogen-bond donors (Lipinski definition) is 3. The fourth-order valence-corrected chi connectivity index (χ4v) is 2.00. The van der Waals surface area contributed by atoms with Crippen LogP contribution in [0.1, 0.15) is 19.8 Å². The van der Waals surface area contributed by atoms with Gasteiger partial charge in [-0.1, -0.05) is 19.4 Å². The van der Waals surface area contributed by atoms with E-state index >= 15 is 0 Å². The minimum Gasteiger partial charge on any atom is -0.394 e. The molecule has 0 amide bonds. The molecule has 1 aromatic carbocycles. The van der Waals surface area contributed by atoms with Crippen molar-refractivity contribution in [1.29, 1.82) is 0 Å². The van der Waals surface area contributed by atoms with E-state index in [1.54, 1.807) is 12.1 Å². The Labute approximate surface area is 110 Å². The smallest absolute Gasteiger partial charge is 0.222 e. The van der Waals surface area contributed by atoms with Crippen LogP contribution < -0.4 is 11.1 Å². The molecule has 102 valence electrons. The van der Waals surface area contributed by atoms with E-state index < -0.39 is 5.82 Å². The van der Waals surface area contributed by atoms with Crippen LogP contribution in [0.5, 0.6) is 0 Å². The number of halogens is 1. The molecule has 6 heteroatoms. The van der Waals surface area contributed by atoms with Crippen molar-refractivity contribution < 1.29 is 9.50 Å². The molecule has 2 aromatic rings. The summed E-state index contributed by atoms with van der Waals surface area (Å²) in [5, 5.41) is 13.0. The van der Waals surface area contributed by atoms with Gasteiger partial charge >= 0.3 is 0 Å². The number of nitrogen functional groups attached to an aromatic ring is 1. The third-order valence-electron chi connectivity index (χ3n) is 2.89. The van der Waals surface area contributed by atoms with Gasteiger partial charge in [-0.05, 0) is 18.6 Å². The second kappa shape index (κ2) is 5.79. The van der Waals surface area contributed by atoms with Gasteiger partial charge in [0.05, 0.1) is 12.6 Å². The Morgan fingerprint density at radius 3 is 2.89 bits per heavy atom. The van der Waals surface area contributed by atoms with Crippen LogP contribution in [0.15, 0.2) is 18.2 Å². The minimum absolute atomic E-state index is 0.00767. The number of nitrogens with two attached hydrogens (primary N) is 1. The fourth-order valence-electron chi connectivity index (χ4n) is 2.00. The highest BCUT2D eigenvalue weighted by Gasteiger charge is 2.13. The van der Waals surface area contributed by atoms with Crippen molar-refractivity contribution >= 4 is 22.7 Å². The first-order chi connectivity index (χ1) is 9.15. The van der Waals surface area contributed by atoms with Gasteiger partial charge in [-0.3, -0.25) is 0 Å². The zero-order valence-corrected chi connectivity index (χ0v) is 10.7. The number of nitrogens with one attached hydrogen (secondary N) is 1. The van der Waals surface area contributed by atoms with Crippen molar-refractivity contribution in [2.45, 2.75) is 25.8 Å². The lowest BCUT2D eigenvalue weighted by atomic mass is 10.1. The van der Waals surface area contributed by atoms with Crippen LogP contribution in [0, 0.1) is 5.82 Å². The summed E-state index contributed by atoms with van der Waals surface area (Å²) < 4.78 is 13.7. The Hall–Kier alpha value is -1.95. The molecule has 5 nitrogen and oxygen atoms in total. The maximum absolute atomic E-state index is 13.7. The third-order valence-corrected chi connectivity index (χ3v) is 2.89. The van der Waals surface area contributed by atoms with E-state index in [4.69, 9.17) is 5.73 Å². The van der Waals surface area contributed by atoms with E-state index in [9.17, 15) is 9.50 Å². The molecular weight excluding hydrogens is 247 g/mol. The summed E-state index contributed by atoms with van der Waals surface area (Å²) in [5.41, 5.74) is 5.78. The predicted molar refractivity (Wildman–Crippen MR) is 73.3 cm³/mol. The largest absolute Gasteiger partial charge is 0.394 e. The van der Waals surface area contributed by atoms with E-state index in [2.05, 4.69) is 15.3 Å². The molecule has 2 rings (SSSR count). The van der Waals surface area contributed by atoms with Gasteiger partial charge in [-0.25, -0.2) is 9.37 Å². The van der Waals surface area contributed by atoms with Crippen molar-refractivity contribution in [1.82, 2.24) is 9.97 Å². The Balaban J connectivity index is 2.44. The maximum atomic E-state index is 13.7. The van der Waals surface area contributed by atoms with Crippen LogP contribution in [0.25, 0.3) is 10.9 Å². The molecule has 4 N–H and O–H groups in total. The Kier molecular flexibility index (Phi) is 4.11. The summed E-state index contributed by atoms with van der Waals surface area (Å²) in [6.07, 6.45) is 1.71. The highest BCUT2D eigenvalue weighted by Crippen LogP contribution is 2.24. The van der Waals surface area contributed by atoms with Gasteiger partial charge in [-0.2, -0.15) is 4.98 Å². The van der Waals surface area contributed by atoms with Gasteiger partial charge < -0.3 is 16.2 Å². The minimum atomic E-state index is -0.439. The second-order valence-corrected chi connectivity index (χ2v) is 4.38. The highest BCUT2D eigenvalue weighted by atomic mass is 19.1. The van der Waals surface area contributed by atoms with Gasteiger partial charge in [0, 0.05) is 5.39 Å². The van der Waals surface area contributed by atoms with Crippen LogP contribution in [0.4, 0.5) is 16.2 Å². The molecule has 0 saturated heterocycles. The Morgan fingerprint density at radius 1 is 1.42 bits per heavy atom. The van der Waals surface area contributed by atoms with Crippen LogP contribution in [0.3, 0.4) is 0 Å². The molecule has 0 aliphatic rings. The summed E-state index contributed by atoms with van der Waals surface area (Å²) in [4.78, 5) is 7.99. The number of para-hydroxylation sites is 1. The van der Waals surface area contributed by atoms with E-state index in [1.807, 2.05) is 6.92 Å². The average molecular weight is 264 g/mol. The fraction of sp³-hybridized carbons (Fsp3) is 0.385. The Morgan fingerprint density at radius 2 is 2.21 bits per heavy atom. The lowest BCUT2D eigenvalue weighted by Gasteiger charge is -2.17. The number of aromatic nitrogens is 2. The van der Waals surface area contributed by atoms with Gasteiger partial charge in [0.1, 0.15) is 17.2 Å². The number of benzene rings is 1. The highest BCUT2D eigenvalue weighted by molar-refractivity contribution is 5.90. The number of aliphatic hydroxyl groups is 1.